The van der Waals surface area contributed by atoms with Gasteiger partial charge in [-0.15, -0.1) is 6.58 Å². The number of aromatic nitrogens is 2. The number of amides is 1. The van der Waals surface area contributed by atoms with E-state index in [1.165, 1.54) is 23.1 Å². The van der Waals surface area contributed by atoms with E-state index < -0.39 is 34.8 Å². The molecule has 1 heterocycles. The maximum absolute atomic E-state index is 13.3. The number of hydrogen-bond donors (Lipinski definition) is 1. The van der Waals surface area contributed by atoms with Crippen molar-refractivity contribution in [2.75, 3.05) is 0 Å². The predicted octanol–water partition coefficient (Wildman–Crippen LogP) is 5.25. The highest BCUT2D eigenvalue weighted by Gasteiger charge is 2.34. The molecule has 0 aliphatic rings. The Kier molecular flexibility index (Phi) is 6.35. The number of nitro groups is 1. The van der Waals surface area contributed by atoms with Gasteiger partial charge in [0, 0.05) is 11.1 Å². The number of carbonyl (C=O) groups is 1. The Hall–Kier alpha value is -3.30. The van der Waals surface area contributed by atoms with E-state index in [9.17, 15) is 28.8 Å². The number of rotatable bonds is 7. The highest BCUT2D eigenvalue weighted by Crippen LogP contribution is 2.37. The highest BCUT2D eigenvalue weighted by atomic mass is 19.3. The molecule has 1 amide bonds. The predicted molar refractivity (Wildman–Crippen MR) is 103 cm³/mol. The molecule has 8 nitrogen and oxygen atoms in total. The lowest BCUT2D eigenvalue weighted by Crippen LogP contribution is -2.47. The molecule has 10 heteroatoms. The van der Waals surface area contributed by atoms with Gasteiger partial charge in [0.15, 0.2) is 5.69 Å². The van der Waals surface area contributed by atoms with Crippen LogP contribution in [-0.4, -0.2) is 36.3 Å². The van der Waals surface area contributed by atoms with Crippen molar-refractivity contribution < 1.29 is 23.6 Å². The van der Waals surface area contributed by atoms with Gasteiger partial charge in [0.2, 0.25) is 0 Å². The molecule has 156 valence electrons. The van der Waals surface area contributed by atoms with Gasteiger partial charge < -0.3 is 5.11 Å². The quantitative estimate of drug-likeness (QED) is 0.383. The second kappa shape index (κ2) is 8.38. The van der Waals surface area contributed by atoms with E-state index in [1.807, 2.05) is 0 Å². The summed E-state index contributed by atoms with van der Waals surface area (Å²) in [4.78, 5) is 23.7. The lowest BCUT2D eigenvalue weighted by atomic mass is 9.94. The van der Waals surface area contributed by atoms with E-state index in [2.05, 4.69) is 11.7 Å². The summed E-state index contributed by atoms with van der Waals surface area (Å²) < 4.78 is 27.0. The summed E-state index contributed by atoms with van der Waals surface area (Å²) in [5, 5.41) is 24.5. The van der Waals surface area contributed by atoms with Gasteiger partial charge in [-0.2, -0.15) is 18.6 Å². The first kappa shape index (κ1) is 22.0. The normalized spacial score (nSPS) is 12.6. The number of carboxylic acid groups (broad SMARTS) is 1. The number of hydrogen-bond acceptors (Lipinski definition) is 4. The molecule has 2 rings (SSSR count). The van der Waals surface area contributed by atoms with E-state index in [1.54, 1.807) is 32.9 Å². The van der Waals surface area contributed by atoms with Crippen LogP contribution in [0.5, 0.6) is 0 Å². The third-order valence-electron chi connectivity index (χ3n) is 4.33. The molecule has 0 radical (unpaired) electrons. The SMILES string of the molecule is C=CC[C@@H](c1cccc(-c2c([N+](=O)[O-])cnn2C(F)F)c1)N(C(=O)O)C(C)(C)C. The molecule has 0 fully saturated rings. The minimum Gasteiger partial charge on any atom is -0.465 e. The van der Waals surface area contributed by atoms with Crippen molar-refractivity contribution in [2.24, 2.45) is 0 Å². The molecule has 0 spiro atoms. The fraction of sp³-hybridized carbons (Fsp3) is 0.368. The van der Waals surface area contributed by atoms with Crippen molar-refractivity contribution in [3.8, 4) is 11.3 Å². The average molecular weight is 408 g/mol. The molecule has 0 unspecified atom stereocenters. The number of alkyl halides is 2. The molecule has 0 bridgehead atoms. The second-order valence-electron chi connectivity index (χ2n) is 7.35. The van der Waals surface area contributed by atoms with Crippen LogP contribution in [0.1, 0.15) is 45.3 Å². The molecule has 2 aromatic rings. The topological polar surface area (TPSA) is 102 Å². The van der Waals surface area contributed by atoms with Gasteiger partial charge in [-0.25, -0.2) is 4.79 Å². The summed E-state index contributed by atoms with van der Waals surface area (Å²) in [6.45, 7) is 5.80. The Morgan fingerprint density at radius 1 is 1.45 bits per heavy atom. The molecule has 0 aliphatic carbocycles. The first-order chi connectivity index (χ1) is 13.5. The fourth-order valence-electron chi connectivity index (χ4n) is 3.24. The lowest BCUT2D eigenvalue weighted by Gasteiger charge is -2.39. The van der Waals surface area contributed by atoms with Crippen molar-refractivity contribution in [1.29, 1.82) is 0 Å². The Morgan fingerprint density at radius 2 is 2.10 bits per heavy atom. The third-order valence-corrected chi connectivity index (χ3v) is 4.33. The molecule has 0 aliphatic heterocycles. The van der Waals surface area contributed by atoms with Crippen LogP contribution in [-0.2, 0) is 0 Å². The molecule has 0 saturated carbocycles. The van der Waals surface area contributed by atoms with Gasteiger partial charge in [0.25, 0.3) is 0 Å². The standard InChI is InChI=1S/C19H22F2N4O4/c1-5-7-14(23(18(26)27)19(2,3)4)12-8-6-9-13(10-12)16-15(25(28)29)11-22-24(16)17(20)21/h5-6,8-11,14,17H,1,7H2,2-4H3,(H,26,27)/t14-/m0/s1. The van der Waals surface area contributed by atoms with Crippen LogP contribution >= 0.6 is 0 Å². The van der Waals surface area contributed by atoms with Crippen molar-refractivity contribution >= 4 is 11.8 Å². The van der Waals surface area contributed by atoms with Gasteiger partial charge in [0.05, 0.1) is 11.0 Å². The largest absolute Gasteiger partial charge is 0.465 e. The van der Waals surface area contributed by atoms with Gasteiger partial charge in [-0.3, -0.25) is 15.0 Å². The first-order valence-corrected chi connectivity index (χ1v) is 8.72. The maximum Gasteiger partial charge on any atom is 0.408 e. The zero-order valence-electron chi connectivity index (χ0n) is 16.2. The van der Waals surface area contributed by atoms with Crippen LogP contribution in [0.2, 0.25) is 0 Å². The smallest absolute Gasteiger partial charge is 0.408 e. The minimum absolute atomic E-state index is 0.139. The van der Waals surface area contributed by atoms with Crippen LogP contribution < -0.4 is 0 Å². The Morgan fingerprint density at radius 3 is 2.59 bits per heavy atom. The van der Waals surface area contributed by atoms with Gasteiger partial charge >= 0.3 is 18.3 Å². The van der Waals surface area contributed by atoms with Crippen LogP contribution in [0.15, 0.2) is 43.1 Å². The van der Waals surface area contributed by atoms with E-state index >= 15 is 0 Å². The fourth-order valence-corrected chi connectivity index (χ4v) is 3.24. The van der Waals surface area contributed by atoms with Crippen LogP contribution in [0.25, 0.3) is 11.3 Å². The maximum atomic E-state index is 13.3. The summed E-state index contributed by atoms with van der Waals surface area (Å²) in [5.74, 6) is 0. The average Bonchev–Trinajstić information content (AvgIpc) is 3.05. The zero-order chi connectivity index (χ0) is 21.9. The Bertz CT molecular complexity index is 921. The molecule has 1 N–H and O–H groups in total. The van der Waals surface area contributed by atoms with Crippen molar-refractivity contribution in [2.45, 2.75) is 45.3 Å². The molecule has 0 saturated heterocycles. The Balaban J connectivity index is 2.66. The number of halogens is 2. The van der Waals surface area contributed by atoms with Gasteiger partial charge in [-0.1, -0.05) is 24.3 Å². The summed E-state index contributed by atoms with van der Waals surface area (Å²) >= 11 is 0. The first-order valence-electron chi connectivity index (χ1n) is 8.72. The monoisotopic (exact) mass is 408 g/mol. The van der Waals surface area contributed by atoms with E-state index in [0.717, 1.165) is 6.20 Å². The number of benzene rings is 1. The minimum atomic E-state index is -3.07. The van der Waals surface area contributed by atoms with E-state index in [0.29, 0.717) is 5.56 Å². The van der Waals surface area contributed by atoms with E-state index in [-0.39, 0.29) is 22.4 Å². The summed E-state index contributed by atoms with van der Waals surface area (Å²) in [6.07, 6.45) is 1.45. The lowest BCUT2D eigenvalue weighted by molar-refractivity contribution is -0.384. The van der Waals surface area contributed by atoms with Gasteiger partial charge in [-0.05, 0) is 38.8 Å². The summed E-state index contributed by atoms with van der Waals surface area (Å²) in [6, 6.07) is 5.44. The van der Waals surface area contributed by atoms with Crippen LogP contribution in [0, 0.1) is 10.1 Å². The van der Waals surface area contributed by atoms with Crippen molar-refractivity contribution in [3.63, 3.8) is 0 Å². The van der Waals surface area contributed by atoms with Crippen LogP contribution in [0.4, 0.5) is 19.3 Å². The highest BCUT2D eigenvalue weighted by molar-refractivity contribution is 5.71. The summed E-state index contributed by atoms with van der Waals surface area (Å²) in [7, 11) is 0. The third kappa shape index (κ3) is 4.58. The van der Waals surface area contributed by atoms with Crippen molar-refractivity contribution in [3.05, 3.63) is 58.8 Å². The molecule has 1 aromatic heterocycles. The van der Waals surface area contributed by atoms with Crippen LogP contribution in [0.3, 0.4) is 0 Å². The molecule has 1 atom stereocenters. The second-order valence-corrected chi connectivity index (χ2v) is 7.35. The molecule has 1 aromatic carbocycles. The Labute approximate surface area is 166 Å². The van der Waals surface area contributed by atoms with Gasteiger partial charge in [0.1, 0.15) is 6.20 Å². The summed E-state index contributed by atoms with van der Waals surface area (Å²) in [5.41, 5.74) is -1.03. The van der Waals surface area contributed by atoms with E-state index in [4.69, 9.17) is 0 Å². The molecular formula is C19H22F2N4O4. The molecule has 29 heavy (non-hydrogen) atoms. The molecular weight excluding hydrogens is 386 g/mol. The number of nitrogens with zero attached hydrogens (tertiary/aromatic N) is 4. The zero-order valence-corrected chi connectivity index (χ0v) is 16.2. The van der Waals surface area contributed by atoms with Crippen molar-refractivity contribution in [1.82, 2.24) is 14.7 Å².